The van der Waals surface area contributed by atoms with Crippen molar-refractivity contribution < 1.29 is 79.7 Å². The molecule has 130 valence electrons. The van der Waals surface area contributed by atoms with Crippen LogP contribution in [0.2, 0.25) is 0 Å². The van der Waals surface area contributed by atoms with Gasteiger partial charge in [0.2, 0.25) is 0 Å². The molecule has 0 saturated carbocycles. The van der Waals surface area contributed by atoms with E-state index < -0.39 is 15.2 Å². The third kappa shape index (κ3) is 21.5. The number of carbonyl (C=O) groups is 1. The van der Waals surface area contributed by atoms with E-state index in [2.05, 4.69) is 6.92 Å². The fourth-order valence-corrected chi connectivity index (χ4v) is 2.82. The largest absolute Gasteiger partial charge is 1.00 e. The van der Waals surface area contributed by atoms with Gasteiger partial charge in [-0.15, -0.1) is 0 Å². The van der Waals surface area contributed by atoms with Gasteiger partial charge in [0.1, 0.15) is 0 Å². The van der Waals surface area contributed by atoms with E-state index in [4.69, 9.17) is 4.55 Å². The molecule has 0 spiro atoms. The molecule has 0 fully saturated rings. The first-order valence-corrected chi connectivity index (χ1v) is 9.92. The van der Waals surface area contributed by atoms with E-state index in [9.17, 15) is 13.2 Å². The second kappa shape index (κ2) is 19.9. The van der Waals surface area contributed by atoms with Crippen LogP contribution in [0.1, 0.15) is 99.7 Å². The molecule has 7 heteroatoms. The normalized spacial score (nSPS) is 10.7. The fourth-order valence-electron chi connectivity index (χ4n) is 2.42. The summed E-state index contributed by atoms with van der Waals surface area (Å²) < 4.78 is 29.5. The molecule has 0 atom stereocenters. The zero-order valence-corrected chi connectivity index (χ0v) is 20.3. The average molecular weight is 368 g/mol. The van der Waals surface area contributed by atoms with Crippen molar-refractivity contribution in [3.63, 3.8) is 0 Å². The summed E-state index contributed by atoms with van der Waals surface area (Å²) >= 11 is 0. The molecule has 0 aliphatic rings. The topological polar surface area (TPSA) is 71.4 Å². The van der Waals surface area contributed by atoms with Gasteiger partial charge >= 0.3 is 69.2 Å². The first kappa shape index (κ1) is 29.3. The molecule has 0 aromatic carbocycles. The molecule has 0 heterocycles. The van der Waals surface area contributed by atoms with Crippen LogP contribution in [0, 0.1) is 0 Å². The van der Waals surface area contributed by atoms with Crippen molar-refractivity contribution in [1.82, 2.24) is 0 Å². The van der Waals surface area contributed by atoms with Gasteiger partial charge in [0, 0.05) is 6.42 Å². The molecule has 0 aromatic heterocycles. The third-order valence-electron chi connectivity index (χ3n) is 3.77. The van der Waals surface area contributed by atoms with Crippen molar-refractivity contribution in [2.24, 2.45) is 0 Å². The van der Waals surface area contributed by atoms with Gasteiger partial charge in [-0.3, -0.25) is 9.35 Å². The fraction of sp³-hybridized carbons (Fsp3) is 0.938. The summed E-state index contributed by atoms with van der Waals surface area (Å²) in [6.45, 7) is 2.23. The minimum atomic E-state index is -4.46. The summed E-state index contributed by atoms with van der Waals surface area (Å²) in [6.07, 6.45) is 15.5. The Balaban J connectivity index is -0.000000333. The summed E-state index contributed by atoms with van der Waals surface area (Å²) in [7, 11) is -4.46. The summed E-state index contributed by atoms with van der Waals surface area (Å²) in [5.74, 6) is 0. The van der Waals surface area contributed by atoms with Crippen molar-refractivity contribution >= 4 is 15.2 Å². The molecule has 0 aliphatic carbocycles. The van der Waals surface area contributed by atoms with Crippen molar-refractivity contribution in [2.75, 3.05) is 0 Å². The molecule has 1 N–H and O–H groups in total. The van der Waals surface area contributed by atoms with E-state index >= 15 is 0 Å². The summed E-state index contributed by atoms with van der Waals surface area (Å²) in [5, 5.41) is -1.05. The molecular formula is C16H34Na2O4S. The molecule has 0 radical (unpaired) electrons. The van der Waals surface area contributed by atoms with E-state index in [1.165, 1.54) is 57.8 Å². The minimum absolute atomic E-state index is 0. The van der Waals surface area contributed by atoms with Gasteiger partial charge in [0.05, 0.1) is 0 Å². The van der Waals surface area contributed by atoms with Crippen molar-refractivity contribution in [2.45, 2.75) is 96.8 Å². The molecule has 0 bridgehead atoms. The number of unbranched alkanes of at least 4 members (excludes halogenated alkanes) is 12. The van der Waals surface area contributed by atoms with Crippen molar-refractivity contribution in [3.8, 4) is 0 Å². The van der Waals surface area contributed by atoms with E-state index in [0.717, 1.165) is 19.3 Å². The van der Waals surface area contributed by atoms with Gasteiger partial charge in [0.15, 0.2) is 0 Å². The first-order chi connectivity index (χ1) is 9.98. The van der Waals surface area contributed by atoms with Crippen LogP contribution in [0.15, 0.2) is 0 Å². The molecule has 0 saturated heterocycles. The van der Waals surface area contributed by atoms with Crippen LogP contribution in [0.3, 0.4) is 0 Å². The van der Waals surface area contributed by atoms with E-state index in [0.29, 0.717) is 6.42 Å². The second-order valence-corrected chi connectivity index (χ2v) is 7.25. The van der Waals surface area contributed by atoms with E-state index in [1.54, 1.807) is 0 Å². The predicted octanol–water partition coefficient (Wildman–Crippen LogP) is -0.885. The average Bonchev–Trinajstić information content (AvgIpc) is 2.42. The maximum atomic E-state index is 10.9. The molecule has 0 rings (SSSR count). The number of rotatable bonds is 14. The molecule has 0 amide bonds. The molecule has 23 heavy (non-hydrogen) atoms. The Morgan fingerprint density at radius 1 is 0.739 bits per heavy atom. The van der Waals surface area contributed by atoms with Crippen LogP contribution in [0.4, 0.5) is 0 Å². The Hall–Kier alpha value is 1.58. The first-order valence-electron chi connectivity index (χ1n) is 8.48. The van der Waals surface area contributed by atoms with E-state index in [-0.39, 0.29) is 68.4 Å². The van der Waals surface area contributed by atoms with Gasteiger partial charge in [-0.25, -0.2) is 0 Å². The van der Waals surface area contributed by atoms with Crippen LogP contribution in [-0.2, 0) is 14.9 Å². The monoisotopic (exact) mass is 368 g/mol. The number of hydrogen-bond donors (Lipinski definition) is 1. The predicted molar refractivity (Wildman–Crippen MR) is 89.1 cm³/mol. The Labute approximate surface area is 190 Å². The molecule has 4 nitrogen and oxygen atoms in total. The zero-order chi connectivity index (χ0) is 16.0. The Bertz CT molecular complexity index is 369. The van der Waals surface area contributed by atoms with Gasteiger partial charge in [0.25, 0.3) is 5.12 Å². The van der Waals surface area contributed by atoms with Crippen molar-refractivity contribution in [1.29, 1.82) is 0 Å². The Morgan fingerprint density at radius 2 is 1.04 bits per heavy atom. The molecule has 0 aliphatic heterocycles. The van der Waals surface area contributed by atoms with E-state index in [1.807, 2.05) is 0 Å². The van der Waals surface area contributed by atoms with Crippen LogP contribution in [0.5, 0.6) is 0 Å². The standard InChI is InChI=1S/C16H32O4S.2Na.2H/c1-2-3-4-5-6-7-8-9-10-11-12-13-14-15-16(17)21(18,19)20;;;;/h2-15H2,1H3,(H,18,19,20);;;;/q;2*+1;2*-1. The van der Waals surface area contributed by atoms with Gasteiger partial charge in [-0.2, -0.15) is 8.42 Å². The van der Waals surface area contributed by atoms with Gasteiger partial charge in [-0.1, -0.05) is 84.0 Å². The third-order valence-corrected chi connectivity index (χ3v) is 4.55. The number of carbonyl (C=O) groups excluding carboxylic acids is 1. The molecular weight excluding hydrogens is 334 g/mol. The van der Waals surface area contributed by atoms with Crippen LogP contribution in [-0.4, -0.2) is 18.1 Å². The van der Waals surface area contributed by atoms with Gasteiger partial charge < -0.3 is 2.85 Å². The van der Waals surface area contributed by atoms with Crippen LogP contribution >= 0.6 is 0 Å². The summed E-state index contributed by atoms with van der Waals surface area (Å²) in [4.78, 5) is 10.9. The second-order valence-electron chi connectivity index (χ2n) is 5.84. The maximum Gasteiger partial charge on any atom is 1.00 e. The number of hydrogen-bond acceptors (Lipinski definition) is 3. The molecule has 0 unspecified atom stereocenters. The minimum Gasteiger partial charge on any atom is -1.00 e. The quantitative estimate of drug-likeness (QED) is 0.245. The summed E-state index contributed by atoms with van der Waals surface area (Å²) in [6, 6.07) is 0. The van der Waals surface area contributed by atoms with Crippen LogP contribution in [0.25, 0.3) is 0 Å². The maximum absolute atomic E-state index is 10.9. The zero-order valence-electron chi connectivity index (χ0n) is 17.5. The Kier molecular flexibility index (Phi) is 25.4. The molecule has 0 aromatic rings. The van der Waals surface area contributed by atoms with Gasteiger partial charge in [-0.05, 0) is 6.42 Å². The smallest absolute Gasteiger partial charge is 1.00 e. The summed E-state index contributed by atoms with van der Waals surface area (Å²) in [5.41, 5.74) is 0. The van der Waals surface area contributed by atoms with Crippen LogP contribution < -0.4 is 59.1 Å². The SMILES string of the molecule is CCCCCCCCCCCCCCCC(=O)S(=O)(=O)O.[H-].[H-].[Na+].[Na+]. The Morgan fingerprint density at radius 3 is 1.35 bits per heavy atom. The van der Waals surface area contributed by atoms with Crippen molar-refractivity contribution in [3.05, 3.63) is 0 Å².